The van der Waals surface area contributed by atoms with Gasteiger partial charge in [0.15, 0.2) is 5.13 Å². The Morgan fingerprint density at radius 2 is 2.00 bits per heavy atom. The van der Waals surface area contributed by atoms with E-state index in [1.165, 1.54) is 23.5 Å². The van der Waals surface area contributed by atoms with Gasteiger partial charge in [0.25, 0.3) is 5.91 Å². The zero-order valence-electron chi connectivity index (χ0n) is 14.8. The number of urea groups is 1. The van der Waals surface area contributed by atoms with Gasteiger partial charge in [0.05, 0.1) is 17.8 Å². The first-order valence-electron chi connectivity index (χ1n) is 9.20. The molecular formula is C19H21FN4O2S. The van der Waals surface area contributed by atoms with Crippen molar-refractivity contribution in [1.29, 1.82) is 0 Å². The molecule has 27 heavy (non-hydrogen) atoms. The Kier molecular flexibility index (Phi) is 5.07. The van der Waals surface area contributed by atoms with Gasteiger partial charge in [-0.15, -0.1) is 0 Å². The first kappa shape index (κ1) is 17.9. The second-order valence-corrected chi connectivity index (χ2v) is 8.01. The smallest absolute Gasteiger partial charge is 0.321 e. The zero-order chi connectivity index (χ0) is 18.8. The van der Waals surface area contributed by atoms with Crippen LogP contribution in [0.1, 0.15) is 46.6 Å². The summed E-state index contributed by atoms with van der Waals surface area (Å²) < 4.78 is 13.9. The number of hydrogen-bond acceptors (Lipinski definition) is 4. The summed E-state index contributed by atoms with van der Waals surface area (Å²) in [4.78, 5) is 31.8. The second-order valence-electron chi connectivity index (χ2n) is 6.93. The molecule has 1 aliphatic heterocycles. The van der Waals surface area contributed by atoms with Crippen LogP contribution in [0.5, 0.6) is 0 Å². The van der Waals surface area contributed by atoms with Crippen LogP contribution in [0.15, 0.2) is 24.3 Å². The van der Waals surface area contributed by atoms with Crippen LogP contribution in [-0.4, -0.2) is 34.4 Å². The van der Waals surface area contributed by atoms with Crippen molar-refractivity contribution in [3.63, 3.8) is 0 Å². The number of carbonyl (C=O) groups excluding carboxylic acids is 2. The molecule has 6 nitrogen and oxygen atoms in total. The average molecular weight is 388 g/mol. The third-order valence-electron chi connectivity index (χ3n) is 5.03. The molecule has 0 atom stereocenters. The first-order chi connectivity index (χ1) is 13.1. The molecule has 4 rings (SSSR count). The molecular weight excluding hydrogens is 367 g/mol. The van der Waals surface area contributed by atoms with Gasteiger partial charge in [0.2, 0.25) is 0 Å². The third kappa shape index (κ3) is 3.95. The number of benzene rings is 1. The normalized spacial score (nSPS) is 16.9. The van der Waals surface area contributed by atoms with Crippen LogP contribution < -0.4 is 10.6 Å². The highest BCUT2D eigenvalue weighted by molar-refractivity contribution is 7.15. The Bertz CT molecular complexity index is 863. The number of nitrogens with zero attached hydrogens (tertiary/aromatic N) is 2. The topological polar surface area (TPSA) is 74.3 Å². The van der Waals surface area contributed by atoms with E-state index in [0.717, 1.165) is 36.3 Å². The minimum Gasteiger partial charge on any atom is -0.335 e. The summed E-state index contributed by atoms with van der Waals surface area (Å²) in [6.45, 7) is 0.865. The number of carbonyl (C=O) groups is 2. The number of hydrogen-bond donors (Lipinski definition) is 2. The van der Waals surface area contributed by atoms with Crippen LogP contribution in [0.25, 0.3) is 0 Å². The van der Waals surface area contributed by atoms with Gasteiger partial charge in [0, 0.05) is 23.9 Å². The van der Waals surface area contributed by atoms with Gasteiger partial charge >= 0.3 is 6.03 Å². The lowest BCUT2D eigenvalue weighted by molar-refractivity contribution is 0.0731. The molecule has 2 N–H and O–H groups in total. The van der Waals surface area contributed by atoms with E-state index < -0.39 is 5.82 Å². The number of fused-ring (bicyclic) bond motifs is 1. The van der Waals surface area contributed by atoms with Crippen molar-refractivity contribution in [2.75, 3.05) is 11.9 Å². The maximum absolute atomic E-state index is 13.9. The van der Waals surface area contributed by atoms with E-state index in [4.69, 9.17) is 0 Å². The van der Waals surface area contributed by atoms with Crippen molar-refractivity contribution in [3.8, 4) is 0 Å². The lowest BCUT2D eigenvalue weighted by atomic mass is 10.1. The molecule has 1 aliphatic carbocycles. The molecule has 142 valence electrons. The van der Waals surface area contributed by atoms with E-state index in [1.54, 1.807) is 17.0 Å². The van der Waals surface area contributed by atoms with Crippen LogP contribution >= 0.6 is 11.3 Å². The number of thiazole rings is 1. The molecule has 2 heterocycles. The molecule has 1 saturated carbocycles. The summed E-state index contributed by atoms with van der Waals surface area (Å²) in [5, 5.41) is 6.32. The summed E-state index contributed by atoms with van der Waals surface area (Å²) in [7, 11) is 0. The van der Waals surface area contributed by atoms with Gasteiger partial charge in [-0.05, 0) is 25.0 Å². The van der Waals surface area contributed by atoms with Gasteiger partial charge in [-0.1, -0.05) is 36.3 Å². The van der Waals surface area contributed by atoms with Gasteiger partial charge in [0.1, 0.15) is 5.82 Å². The fraction of sp³-hybridized carbons (Fsp3) is 0.421. The van der Waals surface area contributed by atoms with Crippen molar-refractivity contribution in [2.45, 2.75) is 44.7 Å². The predicted molar refractivity (Wildman–Crippen MR) is 101 cm³/mol. The predicted octanol–water partition coefficient (Wildman–Crippen LogP) is 3.54. The molecule has 2 aliphatic rings. The molecule has 0 spiro atoms. The lowest BCUT2D eigenvalue weighted by Crippen LogP contribution is -2.36. The molecule has 1 aromatic carbocycles. The Balaban J connectivity index is 1.40. The van der Waals surface area contributed by atoms with Crippen molar-refractivity contribution in [3.05, 3.63) is 46.2 Å². The maximum atomic E-state index is 13.9. The van der Waals surface area contributed by atoms with Crippen LogP contribution in [0.2, 0.25) is 0 Å². The molecule has 0 radical (unpaired) electrons. The van der Waals surface area contributed by atoms with Gasteiger partial charge < -0.3 is 10.2 Å². The monoisotopic (exact) mass is 388 g/mol. The summed E-state index contributed by atoms with van der Waals surface area (Å²) in [6.07, 6.45) is 4.95. The molecule has 1 fully saturated rings. The Morgan fingerprint density at radius 3 is 2.78 bits per heavy atom. The molecule has 1 aromatic heterocycles. The summed E-state index contributed by atoms with van der Waals surface area (Å²) >= 11 is 1.37. The van der Waals surface area contributed by atoms with Crippen molar-refractivity contribution >= 4 is 28.4 Å². The maximum Gasteiger partial charge on any atom is 0.321 e. The molecule has 0 bridgehead atoms. The van der Waals surface area contributed by atoms with Gasteiger partial charge in [-0.3, -0.25) is 10.1 Å². The minimum atomic E-state index is -0.511. The minimum absolute atomic E-state index is 0.0831. The van der Waals surface area contributed by atoms with Gasteiger partial charge in [-0.25, -0.2) is 14.2 Å². The highest BCUT2D eigenvalue weighted by atomic mass is 32.1. The summed E-state index contributed by atoms with van der Waals surface area (Å²) in [5.41, 5.74) is 0.980. The standard InChI is InChI=1S/C19H21FN4O2S/c20-14-8-4-3-7-13(14)17(25)24-10-9-15-16(11-24)27-19(22-15)23-18(26)21-12-5-1-2-6-12/h3-4,7-8,12H,1-2,5-6,9-11H2,(H2,21,22,23,26). The third-order valence-corrected chi connectivity index (χ3v) is 6.03. The average Bonchev–Trinajstić information content (AvgIpc) is 3.29. The number of anilines is 1. The van der Waals surface area contributed by atoms with E-state index in [1.807, 2.05) is 0 Å². The molecule has 8 heteroatoms. The fourth-order valence-corrected chi connectivity index (χ4v) is 4.63. The highest BCUT2D eigenvalue weighted by Gasteiger charge is 2.27. The van der Waals surface area contributed by atoms with Crippen molar-refractivity contribution < 1.29 is 14.0 Å². The van der Waals surface area contributed by atoms with Gasteiger partial charge in [-0.2, -0.15) is 0 Å². The molecule has 3 amide bonds. The summed E-state index contributed by atoms with van der Waals surface area (Å²) in [5.74, 6) is -0.829. The Hall–Kier alpha value is -2.48. The largest absolute Gasteiger partial charge is 0.335 e. The van der Waals surface area contributed by atoms with Crippen LogP contribution in [-0.2, 0) is 13.0 Å². The SMILES string of the molecule is O=C(Nc1nc2c(s1)CN(C(=O)c1ccccc1F)CC2)NC1CCCC1. The van der Waals surface area contributed by atoms with Crippen LogP contribution in [0.4, 0.5) is 14.3 Å². The van der Waals surface area contributed by atoms with Crippen molar-refractivity contribution in [1.82, 2.24) is 15.2 Å². The summed E-state index contributed by atoms with van der Waals surface area (Å²) in [6, 6.07) is 6.03. The Labute approximate surface area is 160 Å². The van der Waals surface area contributed by atoms with E-state index in [9.17, 15) is 14.0 Å². The number of nitrogens with one attached hydrogen (secondary N) is 2. The van der Waals surface area contributed by atoms with Crippen LogP contribution in [0.3, 0.4) is 0 Å². The quantitative estimate of drug-likeness (QED) is 0.845. The molecule has 0 saturated heterocycles. The van der Waals surface area contributed by atoms with E-state index in [2.05, 4.69) is 15.6 Å². The molecule has 2 aromatic rings. The first-order valence-corrected chi connectivity index (χ1v) is 10.0. The highest BCUT2D eigenvalue weighted by Crippen LogP contribution is 2.29. The number of amides is 3. The van der Waals surface area contributed by atoms with E-state index >= 15 is 0 Å². The number of aromatic nitrogens is 1. The Morgan fingerprint density at radius 1 is 1.22 bits per heavy atom. The second kappa shape index (κ2) is 7.64. The van der Waals surface area contributed by atoms with Crippen LogP contribution in [0, 0.1) is 5.82 Å². The lowest BCUT2D eigenvalue weighted by Gasteiger charge is -2.26. The number of rotatable bonds is 3. The molecule has 0 unspecified atom stereocenters. The number of halogens is 1. The van der Waals surface area contributed by atoms with E-state index in [-0.39, 0.29) is 23.5 Å². The van der Waals surface area contributed by atoms with E-state index in [0.29, 0.717) is 24.6 Å². The zero-order valence-corrected chi connectivity index (χ0v) is 15.7. The van der Waals surface area contributed by atoms with Crippen molar-refractivity contribution in [2.24, 2.45) is 0 Å². The fourth-order valence-electron chi connectivity index (χ4n) is 3.62.